The summed E-state index contributed by atoms with van der Waals surface area (Å²) < 4.78 is 2.25. The Balaban J connectivity index is 1.29. The lowest BCUT2D eigenvalue weighted by molar-refractivity contribution is 1.07. The van der Waals surface area contributed by atoms with Gasteiger partial charge in [0.2, 0.25) is 0 Å². The minimum Gasteiger partial charge on any atom is -0.309 e. The summed E-state index contributed by atoms with van der Waals surface area (Å²) in [6, 6.07) is 57.5. The zero-order valence-electron chi connectivity index (χ0n) is 32.3. The molecular weight excluding hydrogens is 725 g/mol. The standard InChI is InChI=1S/C50H28B5N5/c51-43-42(44(52)46(54)47(55)45(43)53)50-58-48(31-18-8-3-9-19-31)57-49(59-50)36-26-32(24-25-41(36)60-39-22-12-10-20-34(39)35-21-11-13-23-40(35)60)38-28-33(29-14-4-1-5-15-29)27-37(56-38)30-16-6-2-7-17-30/h1-28H. The molecule has 0 N–H and O–H groups in total. The van der Waals surface area contributed by atoms with Gasteiger partial charge in [-0.2, -0.15) is 0 Å². The first-order chi connectivity index (χ1) is 29.3. The van der Waals surface area contributed by atoms with Crippen LogP contribution in [0, 0.1) is 0 Å². The van der Waals surface area contributed by atoms with Gasteiger partial charge in [0.05, 0.1) is 28.1 Å². The van der Waals surface area contributed by atoms with Gasteiger partial charge in [-0.3, -0.25) is 0 Å². The normalized spacial score (nSPS) is 11.3. The van der Waals surface area contributed by atoms with Gasteiger partial charge < -0.3 is 4.57 Å². The van der Waals surface area contributed by atoms with Crippen molar-refractivity contribution in [2.24, 2.45) is 0 Å². The van der Waals surface area contributed by atoms with Gasteiger partial charge in [-0.25, -0.2) is 19.9 Å². The van der Waals surface area contributed by atoms with Crippen molar-refractivity contribution in [3.8, 4) is 73.5 Å². The highest BCUT2D eigenvalue weighted by atomic mass is 15.1. The van der Waals surface area contributed by atoms with Crippen LogP contribution in [0.1, 0.15) is 0 Å². The number of hydrogen-bond donors (Lipinski definition) is 0. The summed E-state index contributed by atoms with van der Waals surface area (Å²) in [5.41, 5.74) is 10.8. The lowest BCUT2D eigenvalue weighted by Crippen LogP contribution is -2.55. The first kappa shape index (κ1) is 37.1. The van der Waals surface area contributed by atoms with E-state index in [-0.39, 0.29) is 38.7 Å². The second-order valence-corrected chi connectivity index (χ2v) is 14.6. The van der Waals surface area contributed by atoms with Crippen LogP contribution < -0.4 is 27.3 Å². The molecule has 10 radical (unpaired) electrons. The molecular formula is C50H28B5N5. The second kappa shape index (κ2) is 15.2. The van der Waals surface area contributed by atoms with Crippen molar-refractivity contribution < 1.29 is 0 Å². The zero-order chi connectivity index (χ0) is 40.9. The first-order valence-corrected chi connectivity index (χ1v) is 19.4. The Labute approximate surface area is 354 Å². The summed E-state index contributed by atoms with van der Waals surface area (Å²) in [5, 5.41) is 2.23. The third-order valence-electron chi connectivity index (χ3n) is 10.9. The van der Waals surface area contributed by atoms with Crippen molar-refractivity contribution in [2.45, 2.75) is 0 Å². The van der Waals surface area contributed by atoms with Gasteiger partial charge in [0.25, 0.3) is 0 Å². The highest BCUT2D eigenvalue weighted by Gasteiger charge is 2.23. The average molecular weight is 753 g/mol. The Morgan fingerprint density at radius 1 is 0.333 bits per heavy atom. The van der Waals surface area contributed by atoms with Crippen molar-refractivity contribution in [1.29, 1.82) is 0 Å². The molecule has 7 aromatic carbocycles. The smallest absolute Gasteiger partial charge is 0.166 e. The number of pyridine rings is 1. The van der Waals surface area contributed by atoms with Crippen molar-refractivity contribution in [1.82, 2.24) is 24.5 Å². The van der Waals surface area contributed by atoms with Crippen LogP contribution >= 0.6 is 0 Å². The monoisotopic (exact) mass is 753 g/mol. The number of nitrogens with zero attached hydrogens (tertiary/aromatic N) is 5. The van der Waals surface area contributed by atoms with Crippen LogP contribution in [0.4, 0.5) is 0 Å². The highest BCUT2D eigenvalue weighted by Crippen LogP contribution is 2.39. The van der Waals surface area contributed by atoms with Crippen molar-refractivity contribution in [3.63, 3.8) is 0 Å². The molecule has 0 unspecified atom stereocenters. The van der Waals surface area contributed by atoms with Gasteiger partial charge in [0.15, 0.2) is 17.5 Å². The molecule has 0 aliphatic rings. The number of fused-ring (bicyclic) bond motifs is 3. The van der Waals surface area contributed by atoms with Crippen LogP contribution in [0.3, 0.4) is 0 Å². The summed E-state index contributed by atoms with van der Waals surface area (Å²) in [7, 11) is 32.4. The lowest BCUT2D eigenvalue weighted by Gasteiger charge is -2.21. The van der Waals surface area contributed by atoms with Crippen LogP contribution in [0.25, 0.3) is 95.3 Å². The quantitative estimate of drug-likeness (QED) is 0.179. The third-order valence-corrected chi connectivity index (χ3v) is 10.9. The maximum atomic E-state index is 6.67. The number of rotatable bonds is 7. The van der Waals surface area contributed by atoms with Gasteiger partial charge in [-0.05, 0) is 47.5 Å². The van der Waals surface area contributed by atoms with Gasteiger partial charge in [-0.1, -0.05) is 144 Å². The number of aromatic nitrogens is 5. The molecule has 10 rings (SSSR count). The van der Waals surface area contributed by atoms with E-state index in [0.717, 1.165) is 66.7 Å². The minimum atomic E-state index is 0.103. The fourth-order valence-electron chi connectivity index (χ4n) is 7.90. The van der Waals surface area contributed by atoms with Crippen molar-refractivity contribution in [3.05, 3.63) is 170 Å². The molecule has 3 heterocycles. The fraction of sp³-hybridized carbons (Fsp3) is 0. The molecule has 0 aliphatic heterocycles. The Kier molecular flexibility index (Phi) is 9.41. The summed E-state index contributed by atoms with van der Waals surface area (Å²) in [6.45, 7) is 0. The lowest BCUT2D eigenvalue weighted by atomic mass is 9.60. The predicted molar refractivity (Wildman–Crippen MR) is 252 cm³/mol. The van der Waals surface area contributed by atoms with Gasteiger partial charge in [0, 0.05) is 38.6 Å². The molecule has 60 heavy (non-hydrogen) atoms. The van der Waals surface area contributed by atoms with Gasteiger partial charge in [-0.15, -0.1) is 16.4 Å². The number of benzene rings is 7. The van der Waals surface area contributed by atoms with E-state index in [1.54, 1.807) is 0 Å². The maximum Gasteiger partial charge on any atom is 0.166 e. The average Bonchev–Trinajstić information content (AvgIpc) is 3.65. The SMILES string of the molecule is [B]c1c([B])c([B])c(-c2nc(-c3ccccc3)nc(-c3cc(-c4cc(-c5ccccc5)cc(-c5ccccc5)n4)ccc3-n3c4ccccc4c4ccccc43)n2)c([B])c1[B]. The van der Waals surface area contributed by atoms with E-state index in [4.69, 9.17) is 59.2 Å². The molecule has 0 amide bonds. The summed E-state index contributed by atoms with van der Waals surface area (Å²) in [6.07, 6.45) is 0. The summed E-state index contributed by atoms with van der Waals surface area (Å²) >= 11 is 0. The van der Waals surface area contributed by atoms with Crippen LogP contribution in [0.15, 0.2) is 170 Å². The molecule has 0 fully saturated rings. The van der Waals surface area contributed by atoms with Crippen LogP contribution in [-0.4, -0.2) is 63.7 Å². The minimum absolute atomic E-state index is 0.103. The van der Waals surface area contributed by atoms with E-state index in [2.05, 4.69) is 95.6 Å². The van der Waals surface area contributed by atoms with E-state index < -0.39 is 0 Å². The maximum absolute atomic E-state index is 6.67. The molecule has 0 atom stereocenters. The molecule has 268 valence electrons. The van der Waals surface area contributed by atoms with Crippen molar-refractivity contribution in [2.75, 3.05) is 0 Å². The molecule has 10 heteroatoms. The third kappa shape index (κ3) is 6.45. The molecule has 0 aliphatic carbocycles. The van der Waals surface area contributed by atoms with E-state index in [1.165, 1.54) is 0 Å². The Morgan fingerprint density at radius 2 is 0.800 bits per heavy atom. The first-order valence-electron chi connectivity index (χ1n) is 19.4. The Morgan fingerprint density at radius 3 is 1.40 bits per heavy atom. The summed E-state index contributed by atoms with van der Waals surface area (Å²) in [4.78, 5) is 20.6. The van der Waals surface area contributed by atoms with Gasteiger partial charge >= 0.3 is 0 Å². The van der Waals surface area contributed by atoms with E-state index >= 15 is 0 Å². The number of para-hydroxylation sites is 2. The van der Waals surface area contributed by atoms with E-state index in [9.17, 15) is 0 Å². The molecule has 0 bridgehead atoms. The van der Waals surface area contributed by atoms with Crippen LogP contribution in [0.2, 0.25) is 0 Å². The fourth-order valence-corrected chi connectivity index (χ4v) is 7.90. The van der Waals surface area contributed by atoms with Gasteiger partial charge in [0.1, 0.15) is 39.2 Å². The summed E-state index contributed by atoms with van der Waals surface area (Å²) in [5.74, 6) is 0.965. The highest BCUT2D eigenvalue weighted by molar-refractivity contribution is 6.68. The van der Waals surface area contributed by atoms with Crippen LogP contribution in [0.5, 0.6) is 0 Å². The molecule has 0 spiro atoms. The predicted octanol–water partition coefficient (Wildman–Crippen LogP) is 6.33. The topological polar surface area (TPSA) is 56.5 Å². The molecule has 5 nitrogen and oxygen atoms in total. The Bertz CT molecular complexity index is 3120. The zero-order valence-corrected chi connectivity index (χ0v) is 32.3. The Hall–Kier alpha value is -7.18. The molecule has 3 aromatic heterocycles. The van der Waals surface area contributed by atoms with E-state index in [0.29, 0.717) is 17.2 Å². The number of hydrogen-bond acceptors (Lipinski definition) is 4. The molecule has 0 saturated carbocycles. The van der Waals surface area contributed by atoms with Crippen molar-refractivity contribution >= 4 is 88.4 Å². The molecule has 10 aromatic rings. The molecule has 0 saturated heterocycles. The van der Waals surface area contributed by atoms with E-state index in [1.807, 2.05) is 78.9 Å². The van der Waals surface area contributed by atoms with Crippen LogP contribution in [-0.2, 0) is 0 Å². The largest absolute Gasteiger partial charge is 0.309 e. The second-order valence-electron chi connectivity index (χ2n) is 14.6.